The van der Waals surface area contributed by atoms with E-state index in [1.54, 1.807) is 0 Å². The molecule has 2 N–H and O–H groups in total. The van der Waals surface area contributed by atoms with Crippen molar-refractivity contribution in [3.8, 4) is 0 Å². The average Bonchev–Trinajstić information content (AvgIpc) is 2.30. The van der Waals surface area contributed by atoms with Crippen LogP contribution in [0.4, 0.5) is 4.79 Å². The van der Waals surface area contributed by atoms with Crippen LogP contribution in [0.2, 0.25) is 0 Å². The molecule has 0 spiro atoms. The van der Waals surface area contributed by atoms with Crippen LogP contribution in [0.3, 0.4) is 0 Å². The summed E-state index contributed by atoms with van der Waals surface area (Å²) in [6.45, 7) is 0.455. The van der Waals surface area contributed by atoms with Gasteiger partial charge in [-0.15, -0.1) is 0 Å². The van der Waals surface area contributed by atoms with Crippen molar-refractivity contribution in [2.24, 2.45) is 0 Å². The summed E-state index contributed by atoms with van der Waals surface area (Å²) < 4.78 is 0. The molecule has 1 aliphatic heterocycles. The van der Waals surface area contributed by atoms with Crippen LogP contribution in [0.1, 0.15) is 0 Å². The van der Waals surface area contributed by atoms with E-state index >= 15 is 0 Å². The summed E-state index contributed by atoms with van der Waals surface area (Å²) in [5.74, 6) is 0. The van der Waals surface area contributed by atoms with Gasteiger partial charge < -0.3 is 10.2 Å². The highest BCUT2D eigenvalue weighted by molar-refractivity contribution is 5.76. The minimum absolute atomic E-state index is 0.269. The zero-order valence-electron chi connectivity index (χ0n) is 5.53. The Morgan fingerprint density at radius 3 is 1.80 bits per heavy atom. The third-order valence-electron chi connectivity index (χ3n) is 1.52. The summed E-state index contributed by atoms with van der Waals surface area (Å²) in [6.07, 6.45) is 0. The standard InChI is InChI=1S/C5H10N2O3/c8-3-6-1-2-7(4-9)5(6)10/h8-9H,1-4H2. The van der Waals surface area contributed by atoms with Crippen LogP contribution in [0.25, 0.3) is 0 Å². The maximum absolute atomic E-state index is 10.9. The second kappa shape index (κ2) is 2.85. The van der Waals surface area contributed by atoms with Gasteiger partial charge in [-0.05, 0) is 0 Å². The number of hydrogen-bond donors (Lipinski definition) is 2. The minimum Gasteiger partial charge on any atom is -0.376 e. The van der Waals surface area contributed by atoms with Crippen molar-refractivity contribution < 1.29 is 15.0 Å². The fraction of sp³-hybridized carbons (Fsp3) is 0.800. The van der Waals surface area contributed by atoms with Gasteiger partial charge in [-0.1, -0.05) is 0 Å². The van der Waals surface area contributed by atoms with Crippen LogP contribution in [-0.4, -0.2) is 52.6 Å². The fourth-order valence-electron chi connectivity index (χ4n) is 0.895. The van der Waals surface area contributed by atoms with Crippen LogP contribution in [0.15, 0.2) is 0 Å². The van der Waals surface area contributed by atoms with E-state index in [1.165, 1.54) is 9.80 Å². The molecule has 1 heterocycles. The minimum atomic E-state index is -0.301. The summed E-state index contributed by atoms with van der Waals surface area (Å²) in [6, 6.07) is -0.301. The molecule has 0 saturated carbocycles. The number of carbonyl (C=O) groups excluding carboxylic acids is 1. The molecule has 0 aliphatic carbocycles. The van der Waals surface area contributed by atoms with Crippen molar-refractivity contribution in [2.45, 2.75) is 0 Å². The van der Waals surface area contributed by atoms with Crippen molar-refractivity contribution in [2.75, 3.05) is 26.6 Å². The van der Waals surface area contributed by atoms with E-state index in [-0.39, 0.29) is 19.5 Å². The third-order valence-corrected chi connectivity index (χ3v) is 1.52. The molecule has 0 unspecified atom stereocenters. The zero-order valence-corrected chi connectivity index (χ0v) is 5.53. The van der Waals surface area contributed by atoms with Crippen LogP contribution in [-0.2, 0) is 0 Å². The molecule has 2 amide bonds. The molecule has 58 valence electrons. The smallest absolute Gasteiger partial charge is 0.323 e. The molecule has 5 nitrogen and oxygen atoms in total. The van der Waals surface area contributed by atoms with Gasteiger partial charge in [0.05, 0.1) is 0 Å². The predicted molar refractivity (Wildman–Crippen MR) is 33.0 cm³/mol. The van der Waals surface area contributed by atoms with Crippen LogP contribution in [0.5, 0.6) is 0 Å². The van der Waals surface area contributed by atoms with Gasteiger partial charge in [-0.25, -0.2) is 4.79 Å². The number of rotatable bonds is 2. The van der Waals surface area contributed by atoms with Crippen molar-refractivity contribution in [3.05, 3.63) is 0 Å². The quantitative estimate of drug-likeness (QED) is 0.505. The van der Waals surface area contributed by atoms with Crippen molar-refractivity contribution in [1.82, 2.24) is 9.80 Å². The fourth-order valence-corrected chi connectivity index (χ4v) is 0.895. The van der Waals surface area contributed by atoms with Crippen molar-refractivity contribution >= 4 is 6.03 Å². The summed E-state index contributed by atoms with van der Waals surface area (Å²) in [5.41, 5.74) is 0. The topological polar surface area (TPSA) is 64.0 Å². The molecule has 1 rings (SSSR count). The van der Waals surface area contributed by atoms with E-state index < -0.39 is 0 Å². The Morgan fingerprint density at radius 1 is 1.20 bits per heavy atom. The van der Waals surface area contributed by atoms with E-state index in [9.17, 15) is 4.79 Å². The Morgan fingerprint density at radius 2 is 1.60 bits per heavy atom. The van der Waals surface area contributed by atoms with E-state index in [2.05, 4.69) is 0 Å². The number of amides is 2. The van der Waals surface area contributed by atoms with E-state index in [4.69, 9.17) is 10.2 Å². The number of nitrogens with zero attached hydrogens (tertiary/aromatic N) is 2. The highest BCUT2D eigenvalue weighted by Crippen LogP contribution is 2.04. The van der Waals surface area contributed by atoms with Gasteiger partial charge in [0.25, 0.3) is 0 Å². The number of carbonyl (C=O) groups is 1. The lowest BCUT2D eigenvalue weighted by Crippen LogP contribution is -2.32. The molecule has 0 aromatic heterocycles. The van der Waals surface area contributed by atoms with Crippen molar-refractivity contribution in [1.29, 1.82) is 0 Å². The Balaban J connectivity index is 2.49. The first-order chi connectivity index (χ1) is 4.79. The summed E-state index contributed by atoms with van der Waals surface area (Å²) >= 11 is 0. The molecule has 0 aromatic carbocycles. The largest absolute Gasteiger partial charge is 0.376 e. The monoisotopic (exact) mass is 146 g/mol. The lowest BCUT2D eigenvalue weighted by atomic mass is 10.6. The average molecular weight is 146 g/mol. The Bertz CT molecular complexity index is 125. The predicted octanol–water partition coefficient (Wildman–Crippen LogP) is -1.38. The highest BCUT2D eigenvalue weighted by atomic mass is 16.3. The second-order valence-corrected chi connectivity index (χ2v) is 2.09. The maximum atomic E-state index is 10.9. The second-order valence-electron chi connectivity index (χ2n) is 2.09. The molecule has 1 aliphatic rings. The summed E-state index contributed by atoms with van der Waals surface area (Å²) in [5, 5.41) is 17.1. The lowest BCUT2D eigenvalue weighted by molar-refractivity contribution is 0.113. The summed E-state index contributed by atoms with van der Waals surface area (Å²) in [4.78, 5) is 13.4. The number of hydrogen-bond acceptors (Lipinski definition) is 3. The number of aliphatic hydroxyl groups excluding tert-OH is 2. The SMILES string of the molecule is O=C1N(CO)CCN1CO. The van der Waals surface area contributed by atoms with Gasteiger partial charge in [0.1, 0.15) is 13.5 Å². The molecule has 10 heavy (non-hydrogen) atoms. The first-order valence-corrected chi connectivity index (χ1v) is 3.05. The molecule has 0 atom stereocenters. The van der Waals surface area contributed by atoms with Gasteiger partial charge in [0.15, 0.2) is 0 Å². The van der Waals surface area contributed by atoms with Gasteiger partial charge in [-0.3, -0.25) is 9.80 Å². The van der Waals surface area contributed by atoms with Crippen molar-refractivity contribution in [3.63, 3.8) is 0 Å². The Kier molecular flexibility index (Phi) is 2.08. The number of aliphatic hydroxyl groups is 2. The van der Waals surface area contributed by atoms with Gasteiger partial charge in [-0.2, -0.15) is 0 Å². The van der Waals surface area contributed by atoms with Gasteiger partial charge in [0, 0.05) is 13.1 Å². The Hall–Kier alpha value is -0.810. The lowest BCUT2D eigenvalue weighted by Gasteiger charge is -2.13. The molecular formula is C5H10N2O3. The Labute approximate surface area is 58.5 Å². The molecular weight excluding hydrogens is 136 g/mol. The third kappa shape index (κ3) is 1.05. The van der Waals surface area contributed by atoms with Crippen LogP contribution >= 0.6 is 0 Å². The maximum Gasteiger partial charge on any atom is 0.323 e. The first kappa shape index (κ1) is 7.30. The molecule has 1 fully saturated rings. The first-order valence-electron chi connectivity index (χ1n) is 3.05. The van der Waals surface area contributed by atoms with E-state index in [0.29, 0.717) is 13.1 Å². The molecule has 5 heteroatoms. The number of urea groups is 1. The highest BCUT2D eigenvalue weighted by Gasteiger charge is 2.26. The van der Waals surface area contributed by atoms with Crippen LogP contribution < -0.4 is 0 Å². The van der Waals surface area contributed by atoms with Crippen LogP contribution in [0, 0.1) is 0 Å². The van der Waals surface area contributed by atoms with E-state index in [0.717, 1.165) is 0 Å². The normalized spacial score (nSPS) is 18.8. The van der Waals surface area contributed by atoms with Gasteiger partial charge >= 0.3 is 6.03 Å². The van der Waals surface area contributed by atoms with E-state index in [1.807, 2.05) is 0 Å². The summed E-state index contributed by atoms with van der Waals surface area (Å²) in [7, 11) is 0. The molecule has 0 radical (unpaired) electrons. The van der Waals surface area contributed by atoms with Gasteiger partial charge in [0.2, 0.25) is 0 Å². The molecule has 0 bridgehead atoms. The molecule has 0 aromatic rings. The zero-order chi connectivity index (χ0) is 7.56. The molecule has 1 saturated heterocycles.